The number of carboxylic acids is 1. The summed E-state index contributed by atoms with van der Waals surface area (Å²) in [5.41, 5.74) is -1.84. The average molecular weight is 460 g/mol. The average Bonchev–Trinajstić information content (AvgIpc) is 2.57. The minimum atomic E-state index is -1.78. The van der Waals surface area contributed by atoms with Gasteiger partial charge in [0.25, 0.3) is 0 Å². The Morgan fingerprint density at radius 3 is 1.94 bits per heavy atom. The van der Waals surface area contributed by atoms with Crippen molar-refractivity contribution < 1.29 is 43.3 Å². The SMILES string of the molecule is CC(C)CCCC(=O)N(C(=O)OC(C)(C)C)C(CC(=O)O)C(=O)OCOC(=O)C(C)(C)C. The summed E-state index contributed by atoms with van der Waals surface area (Å²) in [6.45, 7) is 12.7. The summed E-state index contributed by atoms with van der Waals surface area (Å²) in [7, 11) is 0. The third kappa shape index (κ3) is 11.7. The van der Waals surface area contributed by atoms with Gasteiger partial charge in [-0.25, -0.2) is 14.5 Å². The molecule has 0 aliphatic heterocycles. The molecule has 1 N–H and O–H groups in total. The number of ether oxygens (including phenoxy) is 3. The number of esters is 2. The van der Waals surface area contributed by atoms with Crippen molar-refractivity contribution in [1.82, 2.24) is 4.90 Å². The quantitative estimate of drug-likeness (QED) is 0.384. The van der Waals surface area contributed by atoms with E-state index in [4.69, 9.17) is 14.2 Å². The van der Waals surface area contributed by atoms with Crippen LogP contribution in [0.4, 0.5) is 4.79 Å². The monoisotopic (exact) mass is 459 g/mol. The summed E-state index contributed by atoms with van der Waals surface area (Å²) in [6.07, 6.45) is -0.985. The number of aliphatic carboxylic acids is 1. The molecule has 10 heteroatoms. The van der Waals surface area contributed by atoms with Gasteiger partial charge in [-0.3, -0.25) is 14.4 Å². The first-order valence-corrected chi connectivity index (χ1v) is 10.6. The van der Waals surface area contributed by atoms with Gasteiger partial charge in [-0.1, -0.05) is 20.3 Å². The maximum Gasteiger partial charge on any atom is 0.417 e. The van der Waals surface area contributed by atoms with Gasteiger partial charge in [-0.2, -0.15) is 0 Å². The van der Waals surface area contributed by atoms with Crippen molar-refractivity contribution in [3.63, 3.8) is 0 Å². The molecule has 0 aliphatic carbocycles. The molecule has 0 fully saturated rings. The molecule has 1 unspecified atom stereocenters. The van der Waals surface area contributed by atoms with Gasteiger partial charge < -0.3 is 19.3 Å². The van der Waals surface area contributed by atoms with Crippen LogP contribution in [0.1, 0.15) is 81.1 Å². The van der Waals surface area contributed by atoms with Crippen LogP contribution in [-0.2, 0) is 33.4 Å². The molecule has 32 heavy (non-hydrogen) atoms. The molecule has 184 valence electrons. The highest BCUT2D eigenvalue weighted by molar-refractivity contribution is 5.98. The van der Waals surface area contributed by atoms with Crippen molar-refractivity contribution in [1.29, 1.82) is 0 Å². The topological polar surface area (TPSA) is 137 Å². The number of rotatable bonds is 10. The Morgan fingerprint density at radius 1 is 0.938 bits per heavy atom. The summed E-state index contributed by atoms with van der Waals surface area (Å²) < 4.78 is 15.0. The molecule has 0 rings (SSSR count). The summed E-state index contributed by atoms with van der Waals surface area (Å²) in [5.74, 6) is -3.71. The Bertz CT molecular complexity index is 686. The van der Waals surface area contributed by atoms with E-state index in [1.165, 1.54) is 0 Å². The fourth-order valence-corrected chi connectivity index (χ4v) is 2.40. The van der Waals surface area contributed by atoms with Crippen molar-refractivity contribution in [2.45, 2.75) is 92.7 Å². The van der Waals surface area contributed by atoms with E-state index >= 15 is 0 Å². The fourth-order valence-electron chi connectivity index (χ4n) is 2.40. The lowest BCUT2D eigenvalue weighted by Crippen LogP contribution is -2.52. The second-order valence-corrected chi connectivity index (χ2v) is 9.91. The van der Waals surface area contributed by atoms with Crippen LogP contribution in [0.2, 0.25) is 0 Å². The molecule has 0 aromatic heterocycles. The van der Waals surface area contributed by atoms with Crippen molar-refractivity contribution in [3.8, 4) is 0 Å². The number of imide groups is 1. The first kappa shape index (κ1) is 29.4. The number of hydrogen-bond acceptors (Lipinski definition) is 8. The van der Waals surface area contributed by atoms with Crippen LogP contribution in [0.15, 0.2) is 0 Å². The van der Waals surface area contributed by atoms with E-state index in [1.807, 2.05) is 13.8 Å². The number of hydrogen-bond donors (Lipinski definition) is 1. The van der Waals surface area contributed by atoms with Crippen LogP contribution in [0.5, 0.6) is 0 Å². The lowest BCUT2D eigenvalue weighted by Gasteiger charge is -2.30. The number of amides is 2. The Labute approximate surface area is 189 Å². The molecular formula is C22H37NO9. The van der Waals surface area contributed by atoms with Crippen molar-refractivity contribution in [3.05, 3.63) is 0 Å². The van der Waals surface area contributed by atoms with E-state index < -0.39 is 60.2 Å². The number of carbonyl (C=O) groups is 5. The van der Waals surface area contributed by atoms with Crippen molar-refractivity contribution in [2.24, 2.45) is 11.3 Å². The molecule has 0 saturated carbocycles. The van der Waals surface area contributed by atoms with Crippen LogP contribution in [0.25, 0.3) is 0 Å². The predicted octanol–water partition coefficient (Wildman–Crippen LogP) is 3.51. The van der Waals surface area contributed by atoms with Gasteiger partial charge in [0.2, 0.25) is 12.7 Å². The lowest BCUT2D eigenvalue weighted by atomic mass is 9.98. The summed E-state index contributed by atoms with van der Waals surface area (Å²) in [5, 5.41) is 9.26. The smallest absolute Gasteiger partial charge is 0.417 e. The first-order chi connectivity index (χ1) is 14.5. The highest BCUT2D eigenvalue weighted by atomic mass is 16.7. The summed E-state index contributed by atoms with van der Waals surface area (Å²) in [6, 6.07) is -1.78. The van der Waals surface area contributed by atoms with E-state index in [-0.39, 0.29) is 6.42 Å². The molecule has 1 atom stereocenters. The maximum absolute atomic E-state index is 12.8. The van der Waals surface area contributed by atoms with Crippen molar-refractivity contribution in [2.75, 3.05) is 6.79 Å². The molecule has 0 aliphatic rings. The van der Waals surface area contributed by atoms with Gasteiger partial charge in [0, 0.05) is 6.42 Å². The van der Waals surface area contributed by atoms with Gasteiger partial charge in [-0.15, -0.1) is 0 Å². The Hall–Kier alpha value is -2.65. The molecule has 0 aromatic rings. The summed E-state index contributed by atoms with van der Waals surface area (Å²) >= 11 is 0. The highest BCUT2D eigenvalue weighted by Crippen LogP contribution is 2.19. The van der Waals surface area contributed by atoms with Crippen molar-refractivity contribution >= 4 is 29.9 Å². The van der Waals surface area contributed by atoms with Crippen LogP contribution < -0.4 is 0 Å². The normalized spacial score (nSPS) is 12.7. The third-order valence-corrected chi connectivity index (χ3v) is 3.99. The van der Waals surface area contributed by atoms with Crippen LogP contribution in [0, 0.1) is 11.3 Å². The minimum absolute atomic E-state index is 0.0835. The zero-order chi connectivity index (χ0) is 25.3. The molecule has 0 spiro atoms. The minimum Gasteiger partial charge on any atom is -0.481 e. The number of carbonyl (C=O) groups excluding carboxylic acids is 4. The molecule has 10 nitrogen and oxygen atoms in total. The zero-order valence-electron chi connectivity index (χ0n) is 20.4. The summed E-state index contributed by atoms with van der Waals surface area (Å²) in [4.78, 5) is 61.9. The Morgan fingerprint density at radius 2 is 1.50 bits per heavy atom. The molecule has 2 amide bonds. The van der Waals surface area contributed by atoms with Gasteiger partial charge in [0.15, 0.2) is 6.04 Å². The zero-order valence-corrected chi connectivity index (χ0v) is 20.4. The van der Waals surface area contributed by atoms with Gasteiger partial charge >= 0.3 is 24.0 Å². The van der Waals surface area contributed by atoms with E-state index in [0.717, 1.165) is 0 Å². The molecule has 0 saturated heterocycles. The molecule has 0 heterocycles. The van der Waals surface area contributed by atoms with Crippen LogP contribution in [0.3, 0.4) is 0 Å². The second-order valence-electron chi connectivity index (χ2n) is 9.91. The fraction of sp³-hybridized carbons (Fsp3) is 0.773. The standard InChI is InChI=1S/C22H37NO9/c1-14(2)10-9-11-16(24)23(20(29)32-22(6,7)8)15(12-17(25)26)18(27)30-13-31-19(28)21(3,4)5/h14-15H,9-13H2,1-8H3,(H,25,26). The molecule has 0 aromatic carbocycles. The van der Waals surface area contributed by atoms with Gasteiger partial charge in [-0.05, 0) is 53.9 Å². The Kier molecular flexibility index (Phi) is 11.4. The molecule has 0 radical (unpaired) electrons. The maximum atomic E-state index is 12.8. The Balaban J connectivity index is 5.66. The lowest BCUT2D eigenvalue weighted by molar-refractivity contribution is -0.178. The number of carboxylic acid groups (broad SMARTS) is 1. The van der Waals surface area contributed by atoms with Crippen LogP contribution >= 0.6 is 0 Å². The van der Waals surface area contributed by atoms with E-state index in [2.05, 4.69) is 0 Å². The van der Waals surface area contributed by atoms with Gasteiger partial charge in [0.1, 0.15) is 5.60 Å². The largest absolute Gasteiger partial charge is 0.481 e. The van der Waals surface area contributed by atoms with Crippen LogP contribution in [-0.4, -0.2) is 58.4 Å². The van der Waals surface area contributed by atoms with Gasteiger partial charge in [0.05, 0.1) is 11.8 Å². The first-order valence-electron chi connectivity index (χ1n) is 10.6. The molecule has 0 bridgehead atoms. The van der Waals surface area contributed by atoms with E-state index in [9.17, 15) is 29.1 Å². The molecular weight excluding hydrogens is 422 g/mol. The predicted molar refractivity (Wildman–Crippen MR) is 114 cm³/mol. The highest BCUT2D eigenvalue weighted by Gasteiger charge is 2.40. The number of nitrogens with zero attached hydrogens (tertiary/aromatic N) is 1. The second kappa shape index (κ2) is 12.4. The van der Waals surface area contributed by atoms with E-state index in [0.29, 0.717) is 23.7 Å². The van der Waals surface area contributed by atoms with E-state index in [1.54, 1.807) is 41.5 Å². The third-order valence-electron chi connectivity index (χ3n) is 3.99.